The number of fused-ring (bicyclic) bond motifs is 1. The molecule has 1 saturated carbocycles. The number of aliphatic hydroxyl groups is 1. The van der Waals surface area contributed by atoms with Crippen LogP contribution >= 0.6 is 0 Å². The lowest BCUT2D eigenvalue weighted by atomic mass is 9.87. The number of nitrogens with one attached hydrogen (secondary N) is 1. The van der Waals surface area contributed by atoms with Crippen molar-refractivity contribution in [3.63, 3.8) is 0 Å². The third-order valence-corrected chi connectivity index (χ3v) is 4.38. The predicted molar refractivity (Wildman–Crippen MR) is 75.5 cm³/mol. The van der Waals surface area contributed by atoms with E-state index in [0.717, 1.165) is 38.3 Å². The van der Waals surface area contributed by atoms with Gasteiger partial charge in [-0.2, -0.15) is 0 Å². The molecule has 1 aromatic carbocycles. The summed E-state index contributed by atoms with van der Waals surface area (Å²) in [6, 6.07) is 8.32. The molecule has 1 fully saturated rings. The summed E-state index contributed by atoms with van der Waals surface area (Å²) in [4.78, 5) is 0. The first-order valence-electron chi connectivity index (χ1n) is 7.43. The Morgan fingerprint density at radius 1 is 1.21 bits per heavy atom. The second-order valence-corrected chi connectivity index (χ2v) is 5.89. The van der Waals surface area contributed by atoms with Gasteiger partial charge in [-0.15, -0.1) is 0 Å². The highest BCUT2D eigenvalue weighted by atomic mass is 16.5. The maximum absolute atomic E-state index is 9.67. The third-order valence-electron chi connectivity index (χ3n) is 4.38. The minimum Gasteiger partial charge on any atom is -0.493 e. The summed E-state index contributed by atoms with van der Waals surface area (Å²) in [5, 5.41) is 13.2. The Hall–Kier alpha value is -1.06. The molecule has 3 atom stereocenters. The van der Waals surface area contributed by atoms with Gasteiger partial charge in [0.15, 0.2) is 0 Å². The van der Waals surface area contributed by atoms with Crippen LogP contribution in [0, 0.1) is 5.92 Å². The van der Waals surface area contributed by atoms with E-state index >= 15 is 0 Å². The molecule has 1 aromatic rings. The molecule has 1 heterocycles. The van der Waals surface area contributed by atoms with Crippen molar-refractivity contribution in [2.75, 3.05) is 19.7 Å². The molecule has 0 aromatic heterocycles. The SMILES string of the molecule is OC1CCCC(CNCC2COc3ccccc32)C1. The molecule has 3 heteroatoms. The molecule has 2 aliphatic rings. The highest BCUT2D eigenvalue weighted by Gasteiger charge is 2.24. The summed E-state index contributed by atoms with van der Waals surface area (Å²) in [5.41, 5.74) is 1.33. The van der Waals surface area contributed by atoms with E-state index in [-0.39, 0.29) is 6.10 Å². The molecule has 3 nitrogen and oxygen atoms in total. The molecule has 104 valence electrons. The Morgan fingerprint density at radius 3 is 3.00 bits per heavy atom. The summed E-state index contributed by atoms with van der Waals surface area (Å²) < 4.78 is 5.69. The van der Waals surface area contributed by atoms with Gasteiger partial charge in [0.2, 0.25) is 0 Å². The zero-order valence-corrected chi connectivity index (χ0v) is 11.3. The number of aliphatic hydroxyl groups excluding tert-OH is 1. The zero-order chi connectivity index (χ0) is 13.1. The van der Waals surface area contributed by atoms with Gasteiger partial charge in [-0.3, -0.25) is 0 Å². The summed E-state index contributed by atoms with van der Waals surface area (Å²) in [6.07, 6.45) is 4.30. The largest absolute Gasteiger partial charge is 0.493 e. The average molecular weight is 261 g/mol. The van der Waals surface area contributed by atoms with Crippen LogP contribution in [0.25, 0.3) is 0 Å². The van der Waals surface area contributed by atoms with E-state index in [1.807, 2.05) is 12.1 Å². The van der Waals surface area contributed by atoms with E-state index in [2.05, 4.69) is 17.4 Å². The average Bonchev–Trinajstić information content (AvgIpc) is 2.83. The lowest BCUT2D eigenvalue weighted by molar-refractivity contribution is 0.100. The topological polar surface area (TPSA) is 41.5 Å². The molecule has 3 rings (SSSR count). The van der Waals surface area contributed by atoms with Crippen LogP contribution < -0.4 is 10.1 Å². The van der Waals surface area contributed by atoms with Crippen molar-refractivity contribution in [3.05, 3.63) is 29.8 Å². The van der Waals surface area contributed by atoms with Gasteiger partial charge in [0.1, 0.15) is 5.75 Å². The van der Waals surface area contributed by atoms with Crippen LogP contribution in [0.3, 0.4) is 0 Å². The van der Waals surface area contributed by atoms with Gasteiger partial charge in [-0.1, -0.05) is 24.6 Å². The Bertz CT molecular complexity index is 421. The molecule has 0 spiro atoms. The molecule has 0 radical (unpaired) electrons. The first-order chi connectivity index (χ1) is 9.33. The molecule has 19 heavy (non-hydrogen) atoms. The molecule has 1 aliphatic carbocycles. The van der Waals surface area contributed by atoms with E-state index in [1.165, 1.54) is 18.4 Å². The second-order valence-electron chi connectivity index (χ2n) is 5.89. The van der Waals surface area contributed by atoms with Crippen molar-refractivity contribution in [2.24, 2.45) is 5.92 Å². The minimum atomic E-state index is -0.0731. The van der Waals surface area contributed by atoms with Crippen molar-refractivity contribution in [1.82, 2.24) is 5.32 Å². The fraction of sp³-hybridized carbons (Fsp3) is 0.625. The van der Waals surface area contributed by atoms with E-state index < -0.39 is 0 Å². The molecule has 3 unspecified atom stereocenters. The van der Waals surface area contributed by atoms with Gasteiger partial charge in [0.25, 0.3) is 0 Å². The quantitative estimate of drug-likeness (QED) is 0.874. The summed E-state index contributed by atoms with van der Waals surface area (Å²) in [6.45, 7) is 2.79. The third kappa shape index (κ3) is 3.10. The molecule has 0 amide bonds. The smallest absolute Gasteiger partial charge is 0.122 e. The van der Waals surface area contributed by atoms with Gasteiger partial charge in [-0.25, -0.2) is 0 Å². The van der Waals surface area contributed by atoms with E-state index in [4.69, 9.17) is 4.74 Å². The maximum Gasteiger partial charge on any atom is 0.122 e. The number of rotatable bonds is 4. The standard InChI is InChI=1S/C16H23NO2/c18-14-5-3-4-12(8-14)9-17-10-13-11-19-16-7-2-1-6-15(13)16/h1-2,6-7,12-14,17-18H,3-5,8-11H2. The fourth-order valence-corrected chi connectivity index (χ4v) is 3.31. The summed E-state index contributed by atoms with van der Waals surface area (Å²) in [7, 11) is 0. The summed E-state index contributed by atoms with van der Waals surface area (Å²) in [5.74, 6) is 2.16. The molecule has 2 N–H and O–H groups in total. The molecular formula is C16H23NO2. The first kappa shape index (κ1) is 12.9. The van der Waals surface area contributed by atoms with Crippen molar-refractivity contribution < 1.29 is 9.84 Å². The molecular weight excluding hydrogens is 238 g/mol. The van der Waals surface area contributed by atoms with Crippen LogP contribution in [-0.4, -0.2) is 30.9 Å². The number of ether oxygens (including phenoxy) is 1. The van der Waals surface area contributed by atoms with Crippen LogP contribution in [0.5, 0.6) is 5.75 Å². The first-order valence-corrected chi connectivity index (χ1v) is 7.43. The van der Waals surface area contributed by atoms with Crippen LogP contribution in [0.2, 0.25) is 0 Å². The van der Waals surface area contributed by atoms with Crippen LogP contribution in [0.15, 0.2) is 24.3 Å². The Balaban J connectivity index is 1.46. The van der Waals surface area contributed by atoms with Crippen LogP contribution in [-0.2, 0) is 0 Å². The number of para-hydroxylation sites is 1. The highest BCUT2D eigenvalue weighted by Crippen LogP contribution is 2.33. The van der Waals surface area contributed by atoms with E-state index in [9.17, 15) is 5.11 Å². The molecule has 0 bridgehead atoms. The Labute approximate surface area is 115 Å². The van der Waals surface area contributed by atoms with Crippen molar-refractivity contribution in [2.45, 2.75) is 37.7 Å². The van der Waals surface area contributed by atoms with Gasteiger partial charge >= 0.3 is 0 Å². The van der Waals surface area contributed by atoms with Gasteiger partial charge in [-0.05, 0) is 37.8 Å². The number of hydrogen-bond donors (Lipinski definition) is 2. The van der Waals surface area contributed by atoms with E-state index in [1.54, 1.807) is 0 Å². The lowest BCUT2D eigenvalue weighted by Gasteiger charge is -2.26. The van der Waals surface area contributed by atoms with Crippen molar-refractivity contribution in [1.29, 1.82) is 0 Å². The fourth-order valence-electron chi connectivity index (χ4n) is 3.31. The maximum atomic E-state index is 9.67. The van der Waals surface area contributed by atoms with Crippen molar-refractivity contribution in [3.8, 4) is 5.75 Å². The monoisotopic (exact) mass is 261 g/mol. The second kappa shape index (κ2) is 5.93. The van der Waals surface area contributed by atoms with Gasteiger partial charge in [0.05, 0.1) is 12.7 Å². The Morgan fingerprint density at radius 2 is 2.11 bits per heavy atom. The summed E-state index contributed by atoms with van der Waals surface area (Å²) >= 11 is 0. The molecule has 1 aliphatic heterocycles. The normalized spacial score (nSPS) is 29.8. The predicted octanol–water partition coefficient (Wildman–Crippen LogP) is 2.30. The van der Waals surface area contributed by atoms with Gasteiger partial charge < -0.3 is 15.2 Å². The van der Waals surface area contributed by atoms with E-state index in [0.29, 0.717) is 11.8 Å². The lowest BCUT2D eigenvalue weighted by Crippen LogP contribution is -2.31. The molecule has 0 saturated heterocycles. The van der Waals surface area contributed by atoms with Gasteiger partial charge in [0, 0.05) is 18.0 Å². The highest BCUT2D eigenvalue weighted by molar-refractivity contribution is 5.39. The van der Waals surface area contributed by atoms with Crippen LogP contribution in [0.4, 0.5) is 0 Å². The number of hydrogen-bond acceptors (Lipinski definition) is 3. The number of benzene rings is 1. The van der Waals surface area contributed by atoms with Crippen molar-refractivity contribution >= 4 is 0 Å². The Kier molecular flexibility index (Phi) is 4.04. The minimum absolute atomic E-state index is 0.0731. The van der Waals surface area contributed by atoms with Crippen LogP contribution in [0.1, 0.15) is 37.2 Å². The zero-order valence-electron chi connectivity index (χ0n) is 11.3.